The maximum absolute atomic E-state index is 11.5. The van der Waals surface area contributed by atoms with Crippen LogP contribution in [0.4, 0.5) is 0 Å². The third-order valence-corrected chi connectivity index (χ3v) is 10.6. The average Bonchev–Trinajstić information content (AvgIpc) is 3.60. The number of carbonyl (C=O) groups is 1. The third-order valence-electron chi connectivity index (χ3n) is 9.81. The average molecular weight is 690 g/mol. The van der Waals surface area contributed by atoms with Crippen molar-refractivity contribution in [1.82, 2.24) is 30.2 Å². The van der Waals surface area contributed by atoms with Gasteiger partial charge in [-0.3, -0.25) is 19.7 Å². The van der Waals surface area contributed by atoms with Crippen molar-refractivity contribution in [2.24, 2.45) is 5.92 Å². The second kappa shape index (κ2) is 13.6. The van der Waals surface area contributed by atoms with Gasteiger partial charge in [0.25, 0.3) is 0 Å². The van der Waals surface area contributed by atoms with Gasteiger partial charge in [-0.1, -0.05) is 59.6 Å². The molecule has 250 valence electrons. The molecule has 10 nitrogen and oxygen atoms in total. The second-order valence-electron chi connectivity index (χ2n) is 12.9. The number of nitrogens with zero attached hydrogens (tertiary/aromatic N) is 5. The number of methoxy groups -OCH3 is 2. The highest BCUT2D eigenvalue weighted by Gasteiger charge is 2.55. The van der Waals surface area contributed by atoms with Crippen molar-refractivity contribution < 1.29 is 19.4 Å². The smallest absolute Gasteiger partial charge is 0.237 e. The third kappa shape index (κ3) is 6.59. The van der Waals surface area contributed by atoms with E-state index < -0.39 is 5.60 Å². The van der Waals surface area contributed by atoms with Gasteiger partial charge in [-0.05, 0) is 38.5 Å². The van der Waals surface area contributed by atoms with E-state index in [9.17, 15) is 9.90 Å². The first kappa shape index (κ1) is 32.7. The number of aryl methyl sites for hydroxylation is 1. The second-order valence-corrected chi connectivity index (χ2v) is 13.7. The van der Waals surface area contributed by atoms with Gasteiger partial charge in [-0.2, -0.15) is 0 Å². The Labute approximate surface area is 289 Å². The topological polar surface area (TPSA) is 123 Å². The van der Waals surface area contributed by atoms with E-state index in [1.807, 2.05) is 36.4 Å². The molecule has 4 aromatic rings. The van der Waals surface area contributed by atoms with Crippen molar-refractivity contribution in [2.75, 3.05) is 27.3 Å². The van der Waals surface area contributed by atoms with Crippen molar-refractivity contribution in [3.8, 4) is 45.4 Å². The van der Waals surface area contributed by atoms with E-state index in [2.05, 4.69) is 15.2 Å². The number of hydrogen-bond acceptors (Lipinski definition) is 9. The number of rotatable bonds is 11. The Balaban J connectivity index is 1.11. The van der Waals surface area contributed by atoms with Crippen LogP contribution in [-0.4, -0.2) is 74.8 Å². The summed E-state index contributed by atoms with van der Waals surface area (Å²) in [5, 5.41) is 14.4. The van der Waals surface area contributed by atoms with Crippen LogP contribution in [0.2, 0.25) is 10.0 Å². The van der Waals surface area contributed by atoms with Gasteiger partial charge in [0.1, 0.15) is 11.4 Å². The Morgan fingerprint density at radius 1 is 0.938 bits per heavy atom. The summed E-state index contributed by atoms with van der Waals surface area (Å²) in [4.78, 5) is 32.8. The molecule has 3 aliphatic rings. The normalized spacial score (nSPS) is 21.9. The fourth-order valence-electron chi connectivity index (χ4n) is 6.96. The molecule has 1 saturated carbocycles. The van der Waals surface area contributed by atoms with Gasteiger partial charge in [-0.25, -0.2) is 9.97 Å². The monoisotopic (exact) mass is 688 g/mol. The number of aliphatic hydroxyl groups is 1. The number of piperidine rings is 1. The lowest BCUT2D eigenvalue weighted by molar-refractivity contribution is -0.119. The number of halogens is 2. The summed E-state index contributed by atoms with van der Waals surface area (Å²) < 4.78 is 11.3. The van der Waals surface area contributed by atoms with Crippen LogP contribution in [0, 0.1) is 5.92 Å². The Morgan fingerprint density at radius 2 is 1.54 bits per heavy atom. The minimum atomic E-state index is -0.456. The number of ether oxygens (including phenoxy) is 2. The minimum absolute atomic E-state index is 0.124. The fraction of sp³-hybridized carbons (Fsp3) is 0.417. The van der Waals surface area contributed by atoms with Crippen LogP contribution in [0.3, 0.4) is 0 Å². The van der Waals surface area contributed by atoms with Gasteiger partial charge in [0.15, 0.2) is 0 Å². The first-order chi connectivity index (χ1) is 23.3. The Hall–Kier alpha value is -3.83. The van der Waals surface area contributed by atoms with E-state index in [0.717, 1.165) is 67.7 Å². The van der Waals surface area contributed by atoms with Crippen molar-refractivity contribution in [1.29, 1.82) is 0 Å². The Bertz CT molecular complexity index is 1860. The zero-order valence-corrected chi connectivity index (χ0v) is 28.5. The summed E-state index contributed by atoms with van der Waals surface area (Å²) >= 11 is 14.1. The zero-order chi connectivity index (χ0) is 33.4. The molecule has 2 aliphatic heterocycles. The molecule has 3 fully saturated rings. The summed E-state index contributed by atoms with van der Waals surface area (Å²) in [7, 11) is 3.18. The molecule has 0 unspecified atom stereocenters. The van der Waals surface area contributed by atoms with E-state index >= 15 is 0 Å². The molecule has 0 radical (unpaired) electrons. The molecule has 0 bridgehead atoms. The number of nitrogens with one attached hydrogen (secondary N) is 1. The van der Waals surface area contributed by atoms with Crippen LogP contribution in [0.5, 0.6) is 11.8 Å². The molecule has 48 heavy (non-hydrogen) atoms. The molecular weight excluding hydrogens is 651 g/mol. The molecule has 7 rings (SSSR count). The molecule has 4 heterocycles. The highest BCUT2D eigenvalue weighted by atomic mass is 35.5. The molecular formula is C36H38Cl2N6O4. The number of benzene rings is 2. The quantitative estimate of drug-likeness (QED) is 0.191. The molecule has 12 heteroatoms. The maximum Gasteiger partial charge on any atom is 0.237 e. The van der Waals surface area contributed by atoms with E-state index in [0.29, 0.717) is 69.6 Å². The SMILES string of the molecule is COc1nc(-c2cccc(-c3cccc(-c4cnc(CN5CC[C@]6(O)C[C@@H]6C5)c(OC)n4)c3Cl)c2Cl)cnc1CCC[C@@H]1CCC(=O)N1. The number of hydrogen-bond donors (Lipinski definition) is 2. The molecule has 2 N–H and O–H groups in total. The maximum atomic E-state index is 11.5. The van der Waals surface area contributed by atoms with Gasteiger partial charge >= 0.3 is 0 Å². The number of likely N-dealkylation sites (tertiary alicyclic amines) is 1. The Morgan fingerprint density at radius 3 is 2.12 bits per heavy atom. The minimum Gasteiger partial charge on any atom is -0.480 e. The highest BCUT2D eigenvalue weighted by molar-refractivity contribution is 6.39. The van der Waals surface area contributed by atoms with Gasteiger partial charge in [0.05, 0.1) is 53.6 Å². The molecule has 2 aromatic carbocycles. The van der Waals surface area contributed by atoms with Crippen molar-refractivity contribution in [3.63, 3.8) is 0 Å². The van der Waals surface area contributed by atoms with Gasteiger partial charge in [-0.15, -0.1) is 0 Å². The lowest BCUT2D eigenvalue weighted by Crippen LogP contribution is -2.37. The molecule has 2 aromatic heterocycles. The van der Waals surface area contributed by atoms with E-state index in [4.69, 9.17) is 47.6 Å². The number of amides is 1. The van der Waals surface area contributed by atoms with Crippen LogP contribution < -0.4 is 14.8 Å². The number of carbonyl (C=O) groups excluding carboxylic acids is 1. The lowest BCUT2D eigenvalue weighted by Gasteiger charge is -2.28. The number of aromatic nitrogens is 4. The summed E-state index contributed by atoms with van der Waals surface area (Å²) in [6.07, 6.45) is 9.03. The first-order valence-corrected chi connectivity index (χ1v) is 17.1. The summed E-state index contributed by atoms with van der Waals surface area (Å²) in [5.41, 5.74) is 5.13. The molecule has 2 saturated heterocycles. The summed E-state index contributed by atoms with van der Waals surface area (Å²) in [6.45, 7) is 2.27. The molecule has 0 spiro atoms. The van der Waals surface area contributed by atoms with Crippen molar-refractivity contribution in [2.45, 2.75) is 63.1 Å². The van der Waals surface area contributed by atoms with Crippen molar-refractivity contribution >= 4 is 29.1 Å². The predicted octanol–water partition coefficient (Wildman–Crippen LogP) is 6.15. The van der Waals surface area contributed by atoms with E-state index in [-0.39, 0.29) is 11.9 Å². The number of fused-ring (bicyclic) bond motifs is 1. The summed E-state index contributed by atoms with van der Waals surface area (Å²) in [6, 6.07) is 11.7. The van der Waals surface area contributed by atoms with Crippen LogP contribution in [0.1, 0.15) is 49.9 Å². The fourth-order valence-corrected chi connectivity index (χ4v) is 7.61. The van der Waals surface area contributed by atoms with Crippen LogP contribution >= 0.6 is 23.2 Å². The van der Waals surface area contributed by atoms with E-state index in [1.54, 1.807) is 26.6 Å². The zero-order valence-electron chi connectivity index (χ0n) is 27.0. The van der Waals surface area contributed by atoms with Gasteiger partial charge < -0.3 is 19.9 Å². The standard InChI is InChI=1S/C36H38Cl2N6O4/c1-47-34-27(11-3-6-22-12-13-31(45)41-22)39-17-28(42-34)25-9-4-7-23(32(25)37)24-8-5-10-26(33(24)38)29-18-40-30(35(43-29)48-2)20-44-15-14-36(46)16-21(36)19-44/h4-5,7-10,17-18,21-22,46H,3,6,11-16,19-20H2,1-2H3,(H,41,45)/t21-,22-,36+/m1/s1. The molecule has 3 atom stereocenters. The lowest BCUT2D eigenvalue weighted by atomic mass is 9.98. The van der Waals surface area contributed by atoms with Crippen LogP contribution in [0.15, 0.2) is 48.8 Å². The highest BCUT2D eigenvalue weighted by Crippen LogP contribution is 2.49. The van der Waals surface area contributed by atoms with Gasteiger partial charge in [0.2, 0.25) is 17.7 Å². The molecule has 1 amide bonds. The largest absolute Gasteiger partial charge is 0.480 e. The van der Waals surface area contributed by atoms with Gasteiger partial charge in [0, 0.05) is 60.3 Å². The summed E-state index contributed by atoms with van der Waals surface area (Å²) in [5.74, 6) is 1.37. The predicted molar refractivity (Wildman–Crippen MR) is 184 cm³/mol. The van der Waals surface area contributed by atoms with E-state index in [1.165, 1.54) is 0 Å². The van der Waals surface area contributed by atoms with Crippen molar-refractivity contribution in [3.05, 3.63) is 70.2 Å². The molecule has 1 aliphatic carbocycles. The van der Waals surface area contributed by atoms with Crippen LogP contribution in [0.25, 0.3) is 33.6 Å². The Kier molecular flexibility index (Phi) is 9.26. The van der Waals surface area contributed by atoms with Crippen LogP contribution in [-0.2, 0) is 17.8 Å². The first-order valence-electron chi connectivity index (χ1n) is 16.4.